The summed E-state index contributed by atoms with van der Waals surface area (Å²) in [5.41, 5.74) is 15.7. The van der Waals surface area contributed by atoms with Gasteiger partial charge in [0.25, 0.3) is 0 Å². The molecule has 1 spiro atoms. The Kier molecular flexibility index (Phi) is 5.73. The first kappa shape index (κ1) is 31.4. The molecule has 0 fully saturated rings. The normalized spacial score (nSPS) is 21.5. The molecule has 264 valence electrons. The second-order valence-electron chi connectivity index (χ2n) is 19.0. The van der Waals surface area contributed by atoms with Crippen LogP contribution in [0.25, 0.3) is 39.2 Å². The minimum Gasteiger partial charge on any atom is -0.433 e. The number of ether oxygens (including phenoxy) is 2. The Labute approximate surface area is 312 Å². The van der Waals surface area contributed by atoms with Gasteiger partial charge < -0.3 is 9.47 Å². The minimum atomic E-state index is -1.01. The molecule has 5 aromatic carbocycles. The summed E-state index contributed by atoms with van der Waals surface area (Å²) in [6.45, 7) is 20.8. The number of rotatable bonds is 1. The van der Waals surface area contributed by atoms with E-state index in [0.717, 1.165) is 40.7 Å². The van der Waals surface area contributed by atoms with Gasteiger partial charge >= 0.3 is 17.6 Å². The molecule has 0 bridgehead atoms. The van der Waals surface area contributed by atoms with E-state index >= 15 is 0 Å². The largest absolute Gasteiger partial charge is 0.498 e. The lowest BCUT2D eigenvalue weighted by Gasteiger charge is -2.37. The molecule has 1 aromatic heterocycles. The maximum atomic E-state index is 8.03. The van der Waals surface area contributed by atoms with Crippen molar-refractivity contribution in [3.05, 3.63) is 136 Å². The highest BCUT2D eigenvalue weighted by atomic mass is 16.6. The first-order valence-electron chi connectivity index (χ1n) is 19.3. The number of nitrogens with zero attached hydrogens (tertiary/aromatic N) is 3. The van der Waals surface area contributed by atoms with Gasteiger partial charge in [0.05, 0.1) is 0 Å². The van der Waals surface area contributed by atoms with Gasteiger partial charge in [0.2, 0.25) is 6.04 Å². The van der Waals surface area contributed by atoms with Crippen LogP contribution in [-0.2, 0) is 33.3 Å². The highest BCUT2D eigenvalue weighted by Gasteiger charge is 2.75. The number of imidazole rings is 1. The van der Waals surface area contributed by atoms with E-state index in [0.29, 0.717) is 0 Å². The summed E-state index contributed by atoms with van der Waals surface area (Å²) in [5, 5.41) is 0. The molecule has 1 unspecified atom stereocenters. The van der Waals surface area contributed by atoms with Gasteiger partial charge in [0, 0.05) is 28.7 Å². The number of aromatic nitrogens is 2. The van der Waals surface area contributed by atoms with Crippen molar-refractivity contribution in [3.63, 3.8) is 0 Å². The third kappa shape index (κ3) is 3.83. The summed E-state index contributed by atoms with van der Waals surface area (Å²) in [7, 11) is 0. The van der Waals surface area contributed by atoms with Crippen LogP contribution in [0.2, 0.25) is 0 Å². The topological polar surface area (TPSA) is 30.3 Å². The number of benzene rings is 5. The zero-order chi connectivity index (χ0) is 36.6. The van der Waals surface area contributed by atoms with E-state index < -0.39 is 5.85 Å². The second kappa shape index (κ2) is 9.68. The molecular weight excluding hydrogens is 651 g/mol. The number of hydrogen-bond donors (Lipinski definition) is 0. The van der Waals surface area contributed by atoms with Gasteiger partial charge in [-0.25, -0.2) is 0 Å². The fraction of sp³-hybridized carbons (Fsp3) is 0.333. The van der Waals surface area contributed by atoms with Crippen molar-refractivity contribution in [2.24, 2.45) is 0 Å². The van der Waals surface area contributed by atoms with E-state index in [-0.39, 0.29) is 28.4 Å². The number of para-hydroxylation sites is 1. The van der Waals surface area contributed by atoms with Crippen molar-refractivity contribution in [3.8, 4) is 34.0 Å². The molecule has 11 rings (SSSR count). The Morgan fingerprint density at radius 2 is 1.38 bits per heavy atom. The quantitative estimate of drug-likeness (QED) is 0.160. The molecule has 5 heterocycles. The molecule has 53 heavy (non-hydrogen) atoms. The highest BCUT2D eigenvalue weighted by molar-refractivity contribution is 6.02. The lowest BCUT2D eigenvalue weighted by atomic mass is 9.78. The van der Waals surface area contributed by atoms with E-state index in [2.05, 4.69) is 173 Å². The van der Waals surface area contributed by atoms with Gasteiger partial charge in [0.1, 0.15) is 22.4 Å². The van der Waals surface area contributed by atoms with Gasteiger partial charge in [-0.05, 0) is 69.3 Å². The summed E-state index contributed by atoms with van der Waals surface area (Å²) in [6.07, 6.45) is 0.891. The fourth-order valence-electron chi connectivity index (χ4n) is 10.0. The molecule has 5 heteroatoms. The maximum Gasteiger partial charge on any atom is 0.498 e. The van der Waals surface area contributed by atoms with Crippen LogP contribution in [0.5, 0.6) is 5.75 Å². The van der Waals surface area contributed by atoms with Crippen molar-refractivity contribution in [1.82, 2.24) is 4.57 Å². The minimum absolute atomic E-state index is 0.00464. The molecule has 5 aliphatic rings. The summed E-state index contributed by atoms with van der Waals surface area (Å²) in [6, 6.07) is 36.6. The van der Waals surface area contributed by atoms with Crippen molar-refractivity contribution < 1.29 is 18.6 Å². The van der Waals surface area contributed by atoms with Crippen LogP contribution < -0.4 is 9.30 Å². The molecule has 5 nitrogen and oxygen atoms in total. The Morgan fingerprint density at radius 1 is 0.679 bits per heavy atom. The van der Waals surface area contributed by atoms with E-state index in [1.807, 2.05) is 0 Å². The third-order valence-electron chi connectivity index (χ3n) is 12.6. The predicted octanol–water partition coefficient (Wildman–Crippen LogP) is 9.98. The third-order valence-corrected chi connectivity index (χ3v) is 12.6. The zero-order valence-corrected chi connectivity index (χ0v) is 32.3. The highest BCUT2D eigenvalue weighted by Crippen LogP contribution is 2.58. The summed E-state index contributed by atoms with van der Waals surface area (Å²) in [4.78, 5) is 0. The van der Waals surface area contributed by atoms with Crippen molar-refractivity contribution in [1.29, 1.82) is 0 Å². The first-order chi connectivity index (χ1) is 25.2. The Balaban J connectivity index is 1.34. The SMILES string of the molecule is CC(C)(C)c1ccc(-n2c3[n+]4c5c(cccc52)-c2cccc5c2C4(Oc2c-3cc(C(C)(C)C)cc2C(C)(C)C)[N+]2=C5O[C@@H]3Cc4ccccc4[C@@H]32)cc1. The summed E-state index contributed by atoms with van der Waals surface area (Å²) >= 11 is 0. The first-order valence-corrected chi connectivity index (χ1v) is 19.3. The van der Waals surface area contributed by atoms with Crippen LogP contribution in [0.4, 0.5) is 0 Å². The molecular formula is C48H47N3O2+2. The summed E-state index contributed by atoms with van der Waals surface area (Å²) in [5.74, 6) is 2.03. The van der Waals surface area contributed by atoms with Crippen molar-refractivity contribution >= 4 is 16.9 Å². The van der Waals surface area contributed by atoms with E-state index in [1.54, 1.807) is 0 Å². The van der Waals surface area contributed by atoms with Gasteiger partial charge in [-0.2, -0.15) is 4.57 Å². The molecule has 1 aliphatic carbocycles. The molecule has 0 saturated carbocycles. The van der Waals surface area contributed by atoms with Gasteiger partial charge in [-0.1, -0.05) is 123 Å². The van der Waals surface area contributed by atoms with E-state index in [1.165, 1.54) is 55.5 Å². The molecule has 0 saturated heterocycles. The van der Waals surface area contributed by atoms with Crippen LogP contribution in [0, 0.1) is 0 Å². The molecule has 3 atom stereocenters. The monoisotopic (exact) mass is 697 g/mol. The number of fused-ring (bicyclic) bond motifs is 8. The van der Waals surface area contributed by atoms with E-state index in [9.17, 15) is 0 Å². The summed E-state index contributed by atoms with van der Waals surface area (Å²) < 4.78 is 22.8. The van der Waals surface area contributed by atoms with Crippen LogP contribution in [0.3, 0.4) is 0 Å². The smallest absolute Gasteiger partial charge is 0.433 e. The van der Waals surface area contributed by atoms with Crippen molar-refractivity contribution in [2.45, 2.75) is 103 Å². The Bertz CT molecular complexity index is 2660. The molecule has 0 amide bonds. The average Bonchev–Trinajstić information content (AvgIpc) is 3.83. The fourth-order valence-corrected chi connectivity index (χ4v) is 10.0. The van der Waals surface area contributed by atoms with E-state index in [4.69, 9.17) is 9.47 Å². The molecule has 0 radical (unpaired) electrons. The van der Waals surface area contributed by atoms with Gasteiger partial charge in [0.15, 0.2) is 22.9 Å². The maximum absolute atomic E-state index is 8.03. The Hall–Kier alpha value is -5.16. The van der Waals surface area contributed by atoms with Crippen LogP contribution in [-0.4, -0.2) is 21.1 Å². The van der Waals surface area contributed by atoms with Crippen molar-refractivity contribution in [2.75, 3.05) is 0 Å². The zero-order valence-electron chi connectivity index (χ0n) is 32.3. The van der Waals surface area contributed by atoms with Crippen LogP contribution in [0.15, 0.2) is 97.1 Å². The molecule has 4 aliphatic heterocycles. The van der Waals surface area contributed by atoms with Gasteiger partial charge in [-0.3, -0.25) is 0 Å². The number of hydrogen-bond acceptors (Lipinski definition) is 2. The lowest BCUT2D eigenvalue weighted by Crippen LogP contribution is -2.69. The van der Waals surface area contributed by atoms with Crippen LogP contribution >= 0.6 is 0 Å². The molecule has 0 N–H and O–H groups in total. The Morgan fingerprint density at radius 3 is 2.11 bits per heavy atom. The molecule has 6 aromatic rings. The van der Waals surface area contributed by atoms with Gasteiger partial charge in [-0.15, -0.1) is 9.14 Å². The van der Waals surface area contributed by atoms with Crippen LogP contribution in [0.1, 0.15) is 107 Å². The second-order valence-corrected chi connectivity index (χ2v) is 19.0. The average molecular weight is 698 g/mol. The lowest BCUT2D eigenvalue weighted by molar-refractivity contribution is -0.949. The standard InChI is InChI=1S/C48H47N3O2/c1-45(2,3)28-20-22-30(23-21-28)49-37-19-13-17-33-32-16-12-18-34-39(32)48(51-41-31-15-11-10-14-27(31)24-38(41)52-44(34)51)50(40(33)37)43(49)35-25-29(46(4,5)6)26-36(42(35)53-48)47(7,8)9/h10-23,25-26,38,41H,24H2,1-9H3/q+2/t38-,41+,48?/m1/s1. The predicted molar refractivity (Wildman–Crippen MR) is 210 cm³/mol.